The minimum absolute atomic E-state index is 0.350. The Morgan fingerprint density at radius 3 is 1.44 bits per heavy atom. The van der Waals surface area contributed by atoms with E-state index >= 15 is 0 Å². The first kappa shape index (κ1) is 15.1. The second-order valence-electron chi connectivity index (χ2n) is 4.22. The van der Waals surface area contributed by atoms with Gasteiger partial charge < -0.3 is 18.9 Å². The van der Waals surface area contributed by atoms with Crippen LogP contribution in [0.5, 0.6) is 0 Å². The molecule has 4 nitrogen and oxygen atoms in total. The molecule has 0 aliphatic heterocycles. The van der Waals surface area contributed by atoms with Crippen molar-refractivity contribution in [3.05, 3.63) is 25.7 Å². The van der Waals surface area contributed by atoms with E-state index in [0.29, 0.717) is 38.6 Å². The van der Waals surface area contributed by atoms with Crippen LogP contribution in [0, 0.1) is 0 Å². The average molecular weight is 256 g/mol. The lowest BCUT2D eigenvalue weighted by Gasteiger charge is -2.28. The van der Waals surface area contributed by atoms with Crippen LogP contribution in [0.15, 0.2) is 25.7 Å². The Morgan fingerprint density at radius 1 is 0.722 bits per heavy atom. The first-order valence-electron chi connectivity index (χ1n) is 6.55. The number of hydrogen-bond donors (Lipinski definition) is 0. The summed E-state index contributed by atoms with van der Waals surface area (Å²) in [6, 6.07) is 0. The van der Waals surface area contributed by atoms with Gasteiger partial charge >= 0.3 is 0 Å². The third-order valence-corrected chi connectivity index (χ3v) is 2.97. The molecular formula is C14H24O4. The van der Waals surface area contributed by atoms with E-state index in [4.69, 9.17) is 18.9 Å². The standard InChI is InChI=1S/C14H24O4/c1-3-15-9-11-17-13-5-7-14(8-6-13)18-12-10-16-4-2/h3-4,13-14H,1-2,5-12H2. The molecule has 104 valence electrons. The van der Waals surface area contributed by atoms with Crippen LogP contribution in [0.4, 0.5) is 0 Å². The molecule has 0 amide bonds. The maximum Gasteiger partial charge on any atom is 0.111 e. The fourth-order valence-electron chi connectivity index (χ4n) is 2.06. The van der Waals surface area contributed by atoms with Gasteiger partial charge in [-0.3, -0.25) is 0 Å². The second kappa shape index (κ2) is 9.97. The molecule has 0 N–H and O–H groups in total. The summed E-state index contributed by atoms with van der Waals surface area (Å²) in [5, 5.41) is 0. The highest BCUT2D eigenvalue weighted by atomic mass is 16.5. The van der Waals surface area contributed by atoms with Crippen molar-refractivity contribution in [3.8, 4) is 0 Å². The molecule has 1 aliphatic carbocycles. The summed E-state index contributed by atoms with van der Waals surface area (Å²) in [5.41, 5.74) is 0. The van der Waals surface area contributed by atoms with Gasteiger partial charge in [0, 0.05) is 0 Å². The molecule has 0 spiro atoms. The largest absolute Gasteiger partial charge is 0.499 e. The molecule has 0 aromatic carbocycles. The predicted molar refractivity (Wildman–Crippen MR) is 70.2 cm³/mol. The molecule has 0 aromatic rings. The van der Waals surface area contributed by atoms with E-state index in [9.17, 15) is 0 Å². The monoisotopic (exact) mass is 256 g/mol. The Kier molecular flexibility index (Phi) is 8.34. The molecule has 4 heteroatoms. The van der Waals surface area contributed by atoms with Gasteiger partial charge in [0.25, 0.3) is 0 Å². The highest BCUT2D eigenvalue weighted by Crippen LogP contribution is 2.23. The van der Waals surface area contributed by atoms with Crippen LogP contribution in [0.3, 0.4) is 0 Å². The summed E-state index contributed by atoms with van der Waals surface area (Å²) < 4.78 is 21.4. The summed E-state index contributed by atoms with van der Waals surface area (Å²) in [6.45, 7) is 9.40. The van der Waals surface area contributed by atoms with Gasteiger partial charge in [0.2, 0.25) is 0 Å². The zero-order valence-electron chi connectivity index (χ0n) is 11.0. The van der Waals surface area contributed by atoms with Gasteiger partial charge in [-0.1, -0.05) is 13.2 Å². The number of hydrogen-bond acceptors (Lipinski definition) is 4. The Labute approximate surface area is 110 Å². The normalized spacial score (nSPS) is 23.3. The minimum atomic E-state index is 0.350. The van der Waals surface area contributed by atoms with Gasteiger partial charge in [-0.05, 0) is 25.7 Å². The summed E-state index contributed by atoms with van der Waals surface area (Å²) in [7, 11) is 0. The van der Waals surface area contributed by atoms with Gasteiger partial charge in [-0.25, -0.2) is 0 Å². The van der Waals surface area contributed by atoms with Crippen LogP contribution in [0.1, 0.15) is 25.7 Å². The van der Waals surface area contributed by atoms with Crippen molar-refractivity contribution in [3.63, 3.8) is 0 Å². The topological polar surface area (TPSA) is 36.9 Å². The molecular weight excluding hydrogens is 232 g/mol. The number of rotatable bonds is 10. The molecule has 0 unspecified atom stereocenters. The van der Waals surface area contributed by atoms with Gasteiger partial charge in [0.05, 0.1) is 37.9 Å². The van der Waals surface area contributed by atoms with Gasteiger partial charge in [-0.15, -0.1) is 0 Å². The highest BCUT2D eigenvalue weighted by Gasteiger charge is 2.21. The Bertz CT molecular complexity index is 198. The smallest absolute Gasteiger partial charge is 0.111 e. The van der Waals surface area contributed by atoms with E-state index in [1.54, 1.807) is 0 Å². The zero-order chi connectivity index (χ0) is 13.1. The maximum atomic E-state index is 5.71. The SMILES string of the molecule is C=COCCOC1CCC(OCCOC=C)CC1. The minimum Gasteiger partial charge on any atom is -0.499 e. The first-order chi connectivity index (χ1) is 8.86. The van der Waals surface area contributed by atoms with Crippen LogP contribution < -0.4 is 0 Å². The zero-order valence-corrected chi connectivity index (χ0v) is 11.0. The van der Waals surface area contributed by atoms with E-state index < -0.39 is 0 Å². The lowest BCUT2D eigenvalue weighted by atomic mass is 9.95. The maximum absolute atomic E-state index is 5.71. The van der Waals surface area contributed by atoms with Gasteiger partial charge in [0.15, 0.2) is 0 Å². The Balaban J connectivity index is 1.98. The molecule has 18 heavy (non-hydrogen) atoms. The van der Waals surface area contributed by atoms with Gasteiger partial charge in [0.1, 0.15) is 13.2 Å². The highest BCUT2D eigenvalue weighted by molar-refractivity contribution is 4.73. The third kappa shape index (κ3) is 6.67. The molecule has 1 fully saturated rings. The van der Waals surface area contributed by atoms with E-state index in [1.807, 2.05) is 0 Å². The van der Waals surface area contributed by atoms with Crippen molar-refractivity contribution in [2.75, 3.05) is 26.4 Å². The predicted octanol–water partition coefficient (Wildman–Crippen LogP) is 2.65. The Morgan fingerprint density at radius 2 is 1.11 bits per heavy atom. The summed E-state index contributed by atoms with van der Waals surface area (Å²) in [6.07, 6.45) is 7.81. The second-order valence-corrected chi connectivity index (χ2v) is 4.22. The molecule has 1 rings (SSSR count). The van der Waals surface area contributed by atoms with E-state index in [-0.39, 0.29) is 0 Å². The van der Waals surface area contributed by atoms with Crippen molar-refractivity contribution in [2.24, 2.45) is 0 Å². The molecule has 0 radical (unpaired) electrons. The van der Waals surface area contributed by atoms with Crippen LogP contribution in [-0.2, 0) is 18.9 Å². The fourth-order valence-corrected chi connectivity index (χ4v) is 2.06. The fraction of sp³-hybridized carbons (Fsp3) is 0.714. The quantitative estimate of drug-likeness (QED) is 0.445. The van der Waals surface area contributed by atoms with Crippen molar-refractivity contribution in [1.82, 2.24) is 0 Å². The molecule has 0 atom stereocenters. The summed E-state index contributed by atoms with van der Waals surface area (Å²) in [4.78, 5) is 0. The third-order valence-electron chi connectivity index (χ3n) is 2.97. The van der Waals surface area contributed by atoms with E-state index in [0.717, 1.165) is 25.7 Å². The lowest BCUT2D eigenvalue weighted by molar-refractivity contribution is -0.0457. The molecule has 0 saturated heterocycles. The molecule has 0 heterocycles. The molecule has 0 aromatic heterocycles. The molecule has 1 saturated carbocycles. The summed E-state index contributed by atoms with van der Waals surface area (Å²) >= 11 is 0. The van der Waals surface area contributed by atoms with E-state index in [1.165, 1.54) is 12.5 Å². The van der Waals surface area contributed by atoms with Crippen molar-refractivity contribution in [1.29, 1.82) is 0 Å². The Hall–Kier alpha value is -1.00. The number of ether oxygens (including phenoxy) is 4. The first-order valence-corrected chi connectivity index (χ1v) is 6.55. The van der Waals surface area contributed by atoms with Crippen molar-refractivity contribution >= 4 is 0 Å². The van der Waals surface area contributed by atoms with Crippen LogP contribution >= 0.6 is 0 Å². The van der Waals surface area contributed by atoms with Crippen molar-refractivity contribution in [2.45, 2.75) is 37.9 Å². The van der Waals surface area contributed by atoms with Crippen LogP contribution in [0.25, 0.3) is 0 Å². The molecule has 1 aliphatic rings. The lowest BCUT2D eigenvalue weighted by Crippen LogP contribution is -2.28. The summed E-state index contributed by atoms with van der Waals surface area (Å²) in [5.74, 6) is 0. The average Bonchev–Trinajstić information content (AvgIpc) is 2.41. The van der Waals surface area contributed by atoms with Crippen LogP contribution in [-0.4, -0.2) is 38.6 Å². The van der Waals surface area contributed by atoms with Crippen molar-refractivity contribution < 1.29 is 18.9 Å². The van der Waals surface area contributed by atoms with Gasteiger partial charge in [-0.2, -0.15) is 0 Å². The van der Waals surface area contributed by atoms with Crippen LogP contribution in [0.2, 0.25) is 0 Å². The van der Waals surface area contributed by atoms with E-state index in [2.05, 4.69) is 13.2 Å². The molecule has 0 bridgehead atoms.